The number of hydrogen-bond acceptors (Lipinski definition) is 8. The van der Waals surface area contributed by atoms with Gasteiger partial charge in [0, 0.05) is 19.0 Å². The summed E-state index contributed by atoms with van der Waals surface area (Å²) < 4.78 is 33.8. The monoisotopic (exact) mass is 510 g/mol. The number of carbonyl (C=O) groups excluding carboxylic acids is 2. The first kappa shape index (κ1) is 27.2. The topological polar surface area (TPSA) is 131 Å². The quantitative estimate of drug-likeness (QED) is 0.572. The number of hydrogen-bond donors (Lipinski definition) is 2. The van der Waals surface area contributed by atoms with Crippen LogP contribution in [0.2, 0.25) is 0 Å². The van der Waals surface area contributed by atoms with E-state index in [0.29, 0.717) is 43.2 Å². The predicted molar refractivity (Wildman–Crippen MR) is 136 cm³/mol. The van der Waals surface area contributed by atoms with Crippen molar-refractivity contribution in [1.29, 1.82) is 0 Å². The Kier molecular flexibility index (Phi) is 9.00. The van der Waals surface area contributed by atoms with E-state index < -0.39 is 22.0 Å². The first-order valence-electron chi connectivity index (χ1n) is 12.2. The highest BCUT2D eigenvalue weighted by atomic mass is 32.2. The lowest BCUT2D eigenvalue weighted by molar-refractivity contribution is 0.121. The maximum Gasteiger partial charge on any atom is 0.414 e. The van der Waals surface area contributed by atoms with Crippen LogP contribution in [0.4, 0.5) is 21.0 Å². The van der Waals surface area contributed by atoms with Crippen molar-refractivity contribution in [2.45, 2.75) is 51.7 Å². The molecule has 2 aliphatic rings. The summed E-state index contributed by atoms with van der Waals surface area (Å²) in [5, 5.41) is 3.45. The van der Waals surface area contributed by atoms with Gasteiger partial charge >= 0.3 is 12.2 Å². The van der Waals surface area contributed by atoms with Crippen molar-refractivity contribution >= 4 is 33.4 Å². The highest BCUT2D eigenvalue weighted by Gasteiger charge is 2.37. The normalized spacial score (nSPS) is 20.9. The lowest BCUT2D eigenvalue weighted by Crippen LogP contribution is -2.52. The van der Waals surface area contributed by atoms with Crippen LogP contribution in [0.25, 0.3) is 0 Å². The van der Waals surface area contributed by atoms with Gasteiger partial charge in [0.15, 0.2) is 0 Å². The van der Waals surface area contributed by atoms with E-state index in [2.05, 4.69) is 5.32 Å². The number of sulfone groups is 1. The Morgan fingerprint density at radius 2 is 1.86 bits per heavy atom. The minimum absolute atomic E-state index is 0.0264. The Bertz CT molecular complexity index is 1000. The average molecular weight is 511 g/mol. The van der Waals surface area contributed by atoms with Gasteiger partial charge in [-0.15, -0.1) is 0 Å². The van der Waals surface area contributed by atoms with Crippen molar-refractivity contribution in [2.24, 2.45) is 11.7 Å². The molecular weight excluding hydrogens is 472 g/mol. The van der Waals surface area contributed by atoms with Crippen molar-refractivity contribution in [3.8, 4) is 0 Å². The van der Waals surface area contributed by atoms with E-state index in [9.17, 15) is 18.0 Å². The van der Waals surface area contributed by atoms with Crippen molar-refractivity contribution in [3.63, 3.8) is 0 Å². The second-order valence-corrected chi connectivity index (χ2v) is 12.0. The molecule has 2 atom stereocenters. The first-order chi connectivity index (χ1) is 16.6. The molecule has 0 aromatic heterocycles. The minimum Gasteiger partial charge on any atom is -0.452 e. The Labute approximate surface area is 208 Å². The van der Waals surface area contributed by atoms with E-state index in [-0.39, 0.29) is 36.1 Å². The van der Waals surface area contributed by atoms with Crippen LogP contribution in [0.5, 0.6) is 0 Å². The average Bonchev–Trinajstić information content (AvgIpc) is 2.81. The molecule has 2 amide bonds. The zero-order chi connectivity index (χ0) is 25.8. The lowest BCUT2D eigenvalue weighted by Gasteiger charge is -2.40. The van der Waals surface area contributed by atoms with Crippen molar-refractivity contribution in [3.05, 3.63) is 23.8 Å². The van der Waals surface area contributed by atoms with E-state index in [1.165, 1.54) is 7.11 Å². The molecule has 35 heavy (non-hydrogen) atoms. The largest absolute Gasteiger partial charge is 0.452 e. The summed E-state index contributed by atoms with van der Waals surface area (Å²) in [6.07, 6.45) is 0.115. The van der Waals surface area contributed by atoms with Gasteiger partial charge in [-0.1, -0.05) is 6.07 Å². The van der Waals surface area contributed by atoms with E-state index in [4.69, 9.17) is 15.2 Å². The van der Waals surface area contributed by atoms with Gasteiger partial charge in [-0.2, -0.15) is 0 Å². The van der Waals surface area contributed by atoms with E-state index in [1.807, 2.05) is 25.1 Å². The molecule has 0 aliphatic carbocycles. The van der Waals surface area contributed by atoms with Crippen molar-refractivity contribution in [1.82, 2.24) is 5.32 Å². The number of nitrogens with zero attached hydrogens (tertiary/aromatic N) is 2. The number of anilines is 2. The number of nitrogens with one attached hydrogen (secondary N) is 1. The van der Waals surface area contributed by atoms with Gasteiger partial charge in [-0.05, 0) is 63.8 Å². The molecule has 3 N–H and O–H groups in total. The third kappa shape index (κ3) is 6.65. The van der Waals surface area contributed by atoms with E-state index in [1.54, 1.807) is 23.6 Å². The molecule has 0 bridgehead atoms. The van der Waals surface area contributed by atoms with Crippen LogP contribution in [-0.2, 0) is 19.3 Å². The maximum absolute atomic E-state index is 12.9. The summed E-state index contributed by atoms with van der Waals surface area (Å²) >= 11 is 0. The molecule has 1 unspecified atom stereocenters. The van der Waals surface area contributed by atoms with Crippen molar-refractivity contribution < 1.29 is 27.5 Å². The zero-order valence-electron chi connectivity index (χ0n) is 21.0. The number of fused-ring (bicyclic) bond motifs is 1. The van der Waals surface area contributed by atoms with E-state index >= 15 is 0 Å². The fourth-order valence-electron chi connectivity index (χ4n) is 4.65. The summed E-state index contributed by atoms with van der Waals surface area (Å²) in [5.74, 6) is 0.808. The minimum atomic E-state index is -2.88. The van der Waals surface area contributed by atoms with Gasteiger partial charge in [-0.25, -0.2) is 18.0 Å². The Morgan fingerprint density at radius 1 is 1.17 bits per heavy atom. The van der Waals surface area contributed by atoms with Crippen LogP contribution in [0.1, 0.15) is 45.1 Å². The van der Waals surface area contributed by atoms with Gasteiger partial charge < -0.3 is 20.5 Å². The van der Waals surface area contributed by atoms with Crippen LogP contribution in [-0.4, -0.2) is 77.5 Å². The van der Waals surface area contributed by atoms with Crippen LogP contribution in [0.15, 0.2) is 18.2 Å². The molecule has 1 aromatic rings. The van der Waals surface area contributed by atoms with Gasteiger partial charge in [0.2, 0.25) is 0 Å². The van der Waals surface area contributed by atoms with Crippen LogP contribution in [0, 0.1) is 5.92 Å². The number of rotatable bonds is 7. The third-order valence-corrected chi connectivity index (χ3v) is 8.33. The SMILES string of the molecule is COC(=O)N1c2ccc(C(CN)CNCC3CCS(=O)(=O)CC3)cc2N(C(=O)OC(C)C)C[C@@H]1C. The summed E-state index contributed by atoms with van der Waals surface area (Å²) in [4.78, 5) is 28.5. The molecule has 196 valence electrons. The summed E-state index contributed by atoms with van der Waals surface area (Å²) in [5.41, 5.74) is 8.20. The molecule has 0 spiro atoms. The van der Waals surface area contributed by atoms with E-state index in [0.717, 1.165) is 12.1 Å². The second kappa shape index (κ2) is 11.6. The molecule has 1 saturated heterocycles. The number of amides is 2. The standard InChI is InChI=1S/C24H38N4O6S/c1-16(2)34-23(29)27-15-17(3)28(24(30)33-4)21-6-5-19(11-22(21)27)20(12-25)14-26-13-18-7-9-35(31,32)10-8-18/h5-6,11,16-18,20,26H,7-10,12-15,25H2,1-4H3/t17-,20?/m0/s1. The van der Waals surface area contributed by atoms with Crippen molar-refractivity contribution in [2.75, 3.05) is 54.6 Å². The molecule has 1 fully saturated rings. The van der Waals surface area contributed by atoms with Crippen LogP contribution in [0.3, 0.4) is 0 Å². The Morgan fingerprint density at radius 3 is 2.46 bits per heavy atom. The number of carbonyl (C=O) groups is 2. The maximum atomic E-state index is 12.9. The summed E-state index contributed by atoms with van der Waals surface area (Å²) in [6, 6.07) is 5.34. The fourth-order valence-corrected chi connectivity index (χ4v) is 6.24. The van der Waals surface area contributed by atoms with Gasteiger partial charge in [0.1, 0.15) is 9.84 Å². The molecule has 11 heteroatoms. The van der Waals surface area contributed by atoms with Crippen LogP contribution < -0.4 is 20.9 Å². The summed E-state index contributed by atoms with van der Waals surface area (Å²) in [6.45, 7) is 7.45. The first-order valence-corrected chi connectivity index (χ1v) is 14.0. The number of nitrogens with two attached hydrogens (primary N) is 1. The molecule has 0 saturated carbocycles. The number of ether oxygens (including phenoxy) is 2. The third-order valence-electron chi connectivity index (χ3n) is 6.62. The van der Waals surface area contributed by atoms with Crippen LogP contribution >= 0.6 is 0 Å². The molecule has 1 aromatic carbocycles. The molecular formula is C24H38N4O6S. The lowest BCUT2D eigenvalue weighted by atomic mass is 9.95. The molecule has 0 radical (unpaired) electrons. The fraction of sp³-hybridized carbons (Fsp3) is 0.667. The van der Waals surface area contributed by atoms with Gasteiger partial charge in [-0.3, -0.25) is 9.80 Å². The Hall–Kier alpha value is -2.37. The highest BCUT2D eigenvalue weighted by Crippen LogP contribution is 2.38. The number of benzene rings is 1. The smallest absolute Gasteiger partial charge is 0.414 e. The summed E-state index contributed by atoms with van der Waals surface area (Å²) in [7, 11) is -1.54. The highest BCUT2D eigenvalue weighted by molar-refractivity contribution is 7.91. The second-order valence-electron chi connectivity index (χ2n) is 9.67. The predicted octanol–water partition coefficient (Wildman–Crippen LogP) is 2.47. The van der Waals surface area contributed by atoms with Gasteiger partial charge in [0.25, 0.3) is 0 Å². The molecule has 10 nitrogen and oxygen atoms in total. The number of methoxy groups -OCH3 is 1. The zero-order valence-corrected chi connectivity index (χ0v) is 21.8. The molecule has 2 aliphatic heterocycles. The molecule has 2 heterocycles. The van der Waals surface area contributed by atoms with Gasteiger partial charge in [0.05, 0.1) is 48.7 Å². The Balaban J connectivity index is 1.80. The molecule has 3 rings (SSSR count).